The van der Waals surface area contributed by atoms with E-state index in [0.29, 0.717) is 13.0 Å². The van der Waals surface area contributed by atoms with Crippen molar-refractivity contribution in [3.05, 3.63) is 35.6 Å². The van der Waals surface area contributed by atoms with E-state index in [1.165, 1.54) is 12.1 Å². The first-order chi connectivity index (χ1) is 9.97. The summed E-state index contributed by atoms with van der Waals surface area (Å²) in [6.07, 6.45) is -0.255. The van der Waals surface area contributed by atoms with E-state index in [1.54, 1.807) is 12.1 Å². The summed E-state index contributed by atoms with van der Waals surface area (Å²) >= 11 is 0. The molecule has 1 aromatic carbocycles. The molecule has 2 rings (SSSR count). The van der Waals surface area contributed by atoms with Crippen molar-refractivity contribution in [3.8, 4) is 0 Å². The van der Waals surface area contributed by atoms with Crippen molar-refractivity contribution >= 4 is 12.0 Å². The third kappa shape index (κ3) is 3.91. The van der Waals surface area contributed by atoms with Crippen LogP contribution in [-0.2, 0) is 11.2 Å². The number of aliphatic carboxylic acids is 1. The van der Waals surface area contributed by atoms with Crippen LogP contribution >= 0.6 is 0 Å². The maximum atomic E-state index is 12.7. The summed E-state index contributed by atoms with van der Waals surface area (Å²) in [6.45, 7) is 0.322. The van der Waals surface area contributed by atoms with E-state index in [0.717, 1.165) is 10.5 Å². The van der Waals surface area contributed by atoms with Gasteiger partial charge < -0.3 is 20.4 Å². The van der Waals surface area contributed by atoms with Gasteiger partial charge in [-0.1, -0.05) is 12.1 Å². The number of carbonyl (C=O) groups excluding carboxylic acids is 1. The molecular formula is C14H17FN2O4. The molecule has 0 saturated carbocycles. The van der Waals surface area contributed by atoms with E-state index in [2.05, 4.69) is 5.32 Å². The Morgan fingerprint density at radius 1 is 1.33 bits per heavy atom. The quantitative estimate of drug-likeness (QED) is 0.759. The van der Waals surface area contributed by atoms with Crippen LogP contribution in [0.25, 0.3) is 0 Å². The number of likely N-dealkylation sites (tertiary alicyclic amines) is 1. The molecule has 7 heteroatoms. The van der Waals surface area contributed by atoms with Gasteiger partial charge in [0.2, 0.25) is 0 Å². The molecular weight excluding hydrogens is 279 g/mol. The lowest BCUT2D eigenvalue weighted by Gasteiger charge is -2.21. The van der Waals surface area contributed by atoms with Crippen molar-refractivity contribution in [3.63, 3.8) is 0 Å². The number of carboxylic acid groups (broad SMARTS) is 1. The summed E-state index contributed by atoms with van der Waals surface area (Å²) in [4.78, 5) is 24.1. The number of carbonyl (C=O) groups is 2. The molecule has 1 saturated heterocycles. The highest BCUT2D eigenvalue weighted by Gasteiger charge is 2.38. The molecule has 2 atom stereocenters. The lowest BCUT2D eigenvalue weighted by atomic mass is 10.1. The molecule has 0 radical (unpaired) electrons. The second-order valence-electron chi connectivity index (χ2n) is 5.00. The zero-order valence-electron chi connectivity index (χ0n) is 11.3. The number of nitrogens with zero attached hydrogens (tertiary/aromatic N) is 1. The van der Waals surface area contributed by atoms with E-state index >= 15 is 0 Å². The van der Waals surface area contributed by atoms with Crippen molar-refractivity contribution in [2.45, 2.75) is 25.0 Å². The van der Waals surface area contributed by atoms with Crippen molar-refractivity contribution in [1.29, 1.82) is 0 Å². The summed E-state index contributed by atoms with van der Waals surface area (Å²) in [7, 11) is 0. The van der Waals surface area contributed by atoms with Gasteiger partial charge in [0.05, 0.1) is 6.10 Å². The Bertz CT molecular complexity index is 520. The van der Waals surface area contributed by atoms with Gasteiger partial charge in [-0.15, -0.1) is 0 Å². The molecule has 1 aliphatic heterocycles. The molecule has 0 unspecified atom stereocenters. The predicted molar refractivity (Wildman–Crippen MR) is 72.3 cm³/mol. The molecule has 3 N–H and O–H groups in total. The molecule has 1 aliphatic rings. The van der Waals surface area contributed by atoms with Crippen LogP contribution in [0.1, 0.15) is 12.0 Å². The number of amides is 2. The van der Waals surface area contributed by atoms with E-state index in [1.807, 2.05) is 0 Å². The number of hydrogen-bond acceptors (Lipinski definition) is 3. The SMILES string of the molecule is O=C(O)[C@@H]1C[C@@H](O)CN1C(=O)NCCc1ccc(F)cc1. The summed E-state index contributed by atoms with van der Waals surface area (Å²) in [5.74, 6) is -1.45. The molecule has 0 spiro atoms. The molecule has 21 heavy (non-hydrogen) atoms. The molecule has 0 bridgehead atoms. The van der Waals surface area contributed by atoms with Gasteiger partial charge in [0.25, 0.3) is 0 Å². The van der Waals surface area contributed by atoms with Gasteiger partial charge in [0.1, 0.15) is 11.9 Å². The number of benzene rings is 1. The summed E-state index contributed by atoms with van der Waals surface area (Å²) in [5.41, 5.74) is 0.868. The summed E-state index contributed by atoms with van der Waals surface area (Å²) in [5, 5.41) is 21.1. The van der Waals surface area contributed by atoms with Crippen LogP contribution in [0.5, 0.6) is 0 Å². The fourth-order valence-electron chi connectivity index (χ4n) is 2.34. The van der Waals surface area contributed by atoms with Gasteiger partial charge in [-0.25, -0.2) is 14.0 Å². The van der Waals surface area contributed by atoms with Crippen LogP contribution in [0.4, 0.5) is 9.18 Å². The lowest BCUT2D eigenvalue weighted by molar-refractivity contribution is -0.141. The Morgan fingerprint density at radius 2 is 2.00 bits per heavy atom. The molecule has 0 aromatic heterocycles. The second kappa shape index (κ2) is 6.53. The molecule has 1 heterocycles. The van der Waals surface area contributed by atoms with Gasteiger partial charge in [-0.05, 0) is 24.1 Å². The molecule has 114 valence electrons. The number of carboxylic acids is 1. The highest BCUT2D eigenvalue weighted by Crippen LogP contribution is 2.18. The number of nitrogens with one attached hydrogen (secondary N) is 1. The van der Waals surface area contributed by atoms with Crippen LogP contribution in [0.2, 0.25) is 0 Å². The average molecular weight is 296 g/mol. The van der Waals surface area contributed by atoms with Crippen LogP contribution in [-0.4, -0.2) is 52.3 Å². The Morgan fingerprint density at radius 3 is 2.62 bits per heavy atom. The smallest absolute Gasteiger partial charge is 0.326 e. The van der Waals surface area contributed by atoms with Gasteiger partial charge >= 0.3 is 12.0 Å². The number of aliphatic hydroxyl groups is 1. The van der Waals surface area contributed by atoms with Gasteiger partial charge in [-0.3, -0.25) is 0 Å². The van der Waals surface area contributed by atoms with E-state index in [4.69, 9.17) is 5.11 Å². The van der Waals surface area contributed by atoms with Gasteiger partial charge in [0, 0.05) is 19.5 Å². The minimum Gasteiger partial charge on any atom is -0.480 e. The number of hydrogen-bond donors (Lipinski definition) is 3. The van der Waals surface area contributed by atoms with Crippen LogP contribution < -0.4 is 5.32 Å². The number of halogens is 1. The van der Waals surface area contributed by atoms with Gasteiger partial charge in [0.15, 0.2) is 0 Å². The first-order valence-corrected chi connectivity index (χ1v) is 6.67. The van der Waals surface area contributed by atoms with Crippen LogP contribution in [0.15, 0.2) is 24.3 Å². The van der Waals surface area contributed by atoms with Crippen molar-refractivity contribution in [2.24, 2.45) is 0 Å². The lowest BCUT2D eigenvalue weighted by Crippen LogP contribution is -2.46. The largest absolute Gasteiger partial charge is 0.480 e. The topological polar surface area (TPSA) is 89.9 Å². The zero-order chi connectivity index (χ0) is 15.4. The van der Waals surface area contributed by atoms with Crippen molar-refractivity contribution < 1.29 is 24.2 Å². The third-order valence-corrected chi connectivity index (χ3v) is 3.43. The van der Waals surface area contributed by atoms with Crippen molar-refractivity contribution in [2.75, 3.05) is 13.1 Å². The van der Waals surface area contributed by atoms with Crippen LogP contribution in [0.3, 0.4) is 0 Å². The summed E-state index contributed by atoms with van der Waals surface area (Å²) < 4.78 is 12.7. The fourth-order valence-corrected chi connectivity index (χ4v) is 2.34. The highest BCUT2D eigenvalue weighted by atomic mass is 19.1. The number of urea groups is 1. The van der Waals surface area contributed by atoms with Crippen molar-refractivity contribution in [1.82, 2.24) is 10.2 Å². The van der Waals surface area contributed by atoms with E-state index in [9.17, 15) is 19.1 Å². The molecule has 1 fully saturated rings. The van der Waals surface area contributed by atoms with Crippen LogP contribution in [0, 0.1) is 5.82 Å². The Balaban J connectivity index is 1.84. The first kappa shape index (κ1) is 15.2. The van der Waals surface area contributed by atoms with E-state index < -0.39 is 24.1 Å². The maximum Gasteiger partial charge on any atom is 0.326 e. The third-order valence-electron chi connectivity index (χ3n) is 3.43. The zero-order valence-corrected chi connectivity index (χ0v) is 11.3. The minimum absolute atomic E-state index is 0.0132. The standard InChI is InChI=1S/C14H17FN2O4/c15-10-3-1-9(2-4-10)5-6-16-14(21)17-8-11(18)7-12(17)13(19)20/h1-4,11-12,18H,5-8H2,(H,16,21)(H,19,20)/t11-,12+/m1/s1. The highest BCUT2D eigenvalue weighted by molar-refractivity contribution is 5.83. The molecule has 1 aromatic rings. The monoisotopic (exact) mass is 296 g/mol. The number of β-amino-alcohol motifs (C(OH)–C–C–N with tert-alkyl or cyclic N) is 1. The maximum absolute atomic E-state index is 12.7. The molecule has 2 amide bonds. The normalized spacial score (nSPS) is 21.3. The minimum atomic E-state index is -1.12. The molecule has 0 aliphatic carbocycles. The second-order valence-corrected chi connectivity index (χ2v) is 5.00. The number of aliphatic hydroxyl groups excluding tert-OH is 1. The van der Waals surface area contributed by atoms with Gasteiger partial charge in [-0.2, -0.15) is 0 Å². The Kier molecular flexibility index (Phi) is 4.74. The van der Waals surface area contributed by atoms with E-state index in [-0.39, 0.29) is 18.8 Å². The predicted octanol–water partition coefficient (Wildman–Crippen LogP) is 0.598. The number of rotatable bonds is 4. The first-order valence-electron chi connectivity index (χ1n) is 6.67. The fraction of sp³-hybridized carbons (Fsp3) is 0.429. The Hall–Kier alpha value is -2.15. The summed E-state index contributed by atoms with van der Waals surface area (Å²) in [6, 6.07) is 4.43. The molecule has 6 nitrogen and oxygen atoms in total. The average Bonchev–Trinajstić information content (AvgIpc) is 2.83. The Labute approximate surface area is 121 Å².